The molecular formula is C25H30N2O6. The summed E-state index contributed by atoms with van der Waals surface area (Å²) < 4.78 is 10.4. The van der Waals surface area contributed by atoms with E-state index in [-0.39, 0.29) is 32.0 Å². The van der Waals surface area contributed by atoms with E-state index in [2.05, 4.69) is 22.8 Å². The molecule has 0 bridgehead atoms. The van der Waals surface area contributed by atoms with Crippen LogP contribution in [0.15, 0.2) is 48.5 Å². The van der Waals surface area contributed by atoms with Crippen LogP contribution < -0.4 is 10.6 Å². The van der Waals surface area contributed by atoms with Gasteiger partial charge in [0.05, 0.1) is 0 Å². The fourth-order valence-electron chi connectivity index (χ4n) is 4.07. The van der Waals surface area contributed by atoms with Gasteiger partial charge in [0.1, 0.15) is 12.6 Å². The smallest absolute Gasteiger partial charge is 0.407 e. The summed E-state index contributed by atoms with van der Waals surface area (Å²) in [6.45, 7) is 2.23. The molecule has 2 aromatic rings. The van der Waals surface area contributed by atoms with Gasteiger partial charge in [-0.2, -0.15) is 0 Å². The Morgan fingerprint density at radius 3 is 2.15 bits per heavy atom. The third-order valence-corrected chi connectivity index (χ3v) is 5.83. The number of ether oxygens (including phenoxy) is 2. The Morgan fingerprint density at radius 2 is 1.61 bits per heavy atom. The minimum Gasteiger partial charge on any atom is -0.480 e. The number of benzene rings is 2. The van der Waals surface area contributed by atoms with E-state index in [9.17, 15) is 19.5 Å². The normalized spacial score (nSPS) is 14.0. The second-order valence-corrected chi connectivity index (χ2v) is 8.02. The molecule has 0 heterocycles. The van der Waals surface area contributed by atoms with Crippen molar-refractivity contribution < 1.29 is 29.0 Å². The van der Waals surface area contributed by atoms with Gasteiger partial charge in [0.2, 0.25) is 5.91 Å². The van der Waals surface area contributed by atoms with Gasteiger partial charge in [-0.05, 0) is 28.7 Å². The zero-order valence-electron chi connectivity index (χ0n) is 18.9. The number of hydrogen-bond acceptors (Lipinski definition) is 5. The van der Waals surface area contributed by atoms with E-state index in [0.29, 0.717) is 6.42 Å². The number of rotatable bonds is 11. The molecule has 0 radical (unpaired) electrons. The van der Waals surface area contributed by atoms with Crippen LogP contribution in [0.2, 0.25) is 0 Å². The first kappa shape index (κ1) is 24.3. The zero-order valence-corrected chi connectivity index (χ0v) is 18.9. The number of amides is 2. The molecule has 1 unspecified atom stereocenters. The van der Waals surface area contributed by atoms with Crippen LogP contribution in [0.1, 0.15) is 43.2 Å². The summed E-state index contributed by atoms with van der Waals surface area (Å²) in [7, 11) is 1.46. The van der Waals surface area contributed by atoms with E-state index in [1.54, 1.807) is 0 Å². The Hall–Kier alpha value is -3.39. The number of carboxylic acid groups (broad SMARTS) is 1. The van der Waals surface area contributed by atoms with E-state index < -0.39 is 30.1 Å². The van der Waals surface area contributed by atoms with Crippen molar-refractivity contribution in [2.75, 3.05) is 20.3 Å². The maximum absolute atomic E-state index is 12.5. The number of carbonyl (C=O) groups is 3. The Kier molecular flexibility index (Phi) is 8.43. The molecule has 3 N–H and O–H groups in total. The van der Waals surface area contributed by atoms with Crippen LogP contribution in [0, 0.1) is 0 Å². The second-order valence-electron chi connectivity index (χ2n) is 8.02. The summed E-state index contributed by atoms with van der Waals surface area (Å²) in [6, 6.07) is 14.6. The van der Waals surface area contributed by atoms with Crippen LogP contribution in [0.5, 0.6) is 0 Å². The molecule has 1 aliphatic carbocycles. The Labute approximate surface area is 193 Å². The molecule has 2 atom stereocenters. The van der Waals surface area contributed by atoms with Gasteiger partial charge in [-0.1, -0.05) is 55.5 Å². The maximum Gasteiger partial charge on any atom is 0.407 e. The highest BCUT2D eigenvalue weighted by atomic mass is 16.5. The molecule has 8 heteroatoms. The highest BCUT2D eigenvalue weighted by Gasteiger charge is 2.29. The summed E-state index contributed by atoms with van der Waals surface area (Å²) in [5.74, 6) is -1.63. The monoisotopic (exact) mass is 454 g/mol. The summed E-state index contributed by atoms with van der Waals surface area (Å²) in [4.78, 5) is 36.1. The number of fused-ring (bicyclic) bond motifs is 3. The molecule has 3 rings (SSSR count). The van der Waals surface area contributed by atoms with Crippen molar-refractivity contribution in [3.8, 4) is 11.1 Å². The third kappa shape index (κ3) is 6.10. The number of aliphatic carboxylic acids is 1. The van der Waals surface area contributed by atoms with Gasteiger partial charge in [0, 0.05) is 38.5 Å². The van der Waals surface area contributed by atoms with Gasteiger partial charge in [0.25, 0.3) is 0 Å². The first-order chi connectivity index (χ1) is 15.9. The Morgan fingerprint density at radius 1 is 1.00 bits per heavy atom. The molecule has 33 heavy (non-hydrogen) atoms. The van der Waals surface area contributed by atoms with E-state index in [4.69, 9.17) is 9.47 Å². The second kappa shape index (κ2) is 11.5. The fraction of sp³-hybridized carbons (Fsp3) is 0.400. The minimum atomic E-state index is -1.13. The van der Waals surface area contributed by atoms with Gasteiger partial charge in [0.15, 0.2) is 0 Å². The topological polar surface area (TPSA) is 114 Å². The summed E-state index contributed by atoms with van der Waals surface area (Å²) in [6.07, 6.45) is 0.00432. The minimum absolute atomic E-state index is 0.0442. The number of nitrogens with one attached hydrogen (secondary N) is 2. The lowest BCUT2D eigenvalue weighted by Gasteiger charge is -2.20. The van der Waals surface area contributed by atoms with Crippen LogP contribution in [-0.4, -0.2) is 55.5 Å². The molecule has 0 spiro atoms. The van der Waals surface area contributed by atoms with E-state index in [1.807, 2.05) is 43.3 Å². The lowest BCUT2D eigenvalue weighted by atomic mass is 9.98. The molecule has 0 aromatic heterocycles. The summed E-state index contributed by atoms with van der Waals surface area (Å²) in [5.41, 5.74) is 4.53. The maximum atomic E-state index is 12.5. The highest BCUT2D eigenvalue weighted by Crippen LogP contribution is 2.44. The predicted octanol–water partition coefficient (Wildman–Crippen LogP) is 3.30. The van der Waals surface area contributed by atoms with Crippen LogP contribution >= 0.6 is 0 Å². The molecule has 2 aromatic carbocycles. The molecule has 8 nitrogen and oxygen atoms in total. The van der Waals surface area contributed by atoms with Crippen molar-refractivity contribution in [1.29, 1.82) is 0 Å². The predicted molar refractivity (Wildman–Crippen MR) is 123 cm³/mol. The molecule has 0 fully saturated rings. The molecule has 1 aliphatic rings. The van der Waals surface area contributed by atoms with Gasteiger partial charge in [-0.3, -0.25) is 4.79 Å². The van der Waals surface area contributed by atoms with Crippen LogP contribution in [0.25, 0.3) is 11.1 Å². The largest absolute Gasteiger partial charge is 0.480 e. The quantitative estimate of drug-likeness (QED) is 0.480. The SMILES string of the molecule is CC[C@@H](CC(=O)NC(CCOC)C(=O)O)NC(=O)OCC1c2ccccc2-c2ccccc21. The first-order valence-corrected chi connectivity index (χ1v) is 11.1. The molecule has 0 aliphatic heterocycles. The lowest BCUT2D eigenvalue weighted by Crippen LogP contribution is -2.45. The molecule has 0 saturated heterocycles. The number of methoxy groups -OCH3 is 1. The van der Waals surface area contributed by atoms with Gasteiger partial charge in [-0.15, -0.1) is 0 Å². The Balaban J connectivity index is 1.54. The lowest BCUT2D eigenvalue weighted by molar-refractivity contribution is -0.142. The van der Waals surface area contributed by atoms with Crippen molar-refractivity contribution in [2.24, 2.45) is 0 Å². The molecule has 176 valence electrons. The van der Waals surface area contributed by atoms with Crippen LogP contribution in [-0.2, 0) is 19.1 Å². The van der Waals surface area contributed by atoms with Gasteiger partial charge >= 0.3 is 12.1 Å². The van der Waals surface area contributed by atoms with Crippen LogP contribution in [0.4, 0.5) is 4.79 Å². The van der Waals surface area contributed by atoms with Gasteiger partial charge < -0.3 is 25.2 Å². The first-order valence-electron chi connectivity index (χ1n) is 11.1. The standard InChI is InChI=1S/C25H30N2O6/c1-3-16(14-23(28)27-22(24(29)30)12-13-32-2)26-25(31)33-15-21-19-10-6-4-8-17(19)18-9-5-7-11-20(18)21/h4-11,16,21-22H,3,12-15H2,1-2H3,(H,26,31)(H,27,28)(H,29,30)/t16-,22?/m0/s1. The average molecular weight is 455 g/mol. The molecule has 2 amide bonds. The fourth-order valence-corrected chi connectivity index (χ4v) is 4.07. The van der Waals surface area contributed by atoms with Crippen molar-refractivity contribution >= 4 is 18.0 Å². The van der Waals surface area contributed by atoms with Crippen molar-refractivity contribution in [3.63, 3.8) is 0 Å². The number of carbonyl (C=O) groups excluding carboxylic acids is 2. The zero-order chi connectivity index (χ0) is 23.8. The Bertz CT molecular complexity index is 947. The summed E-state index contributed by atoms with van der Waals surface area (Å²) in [5, 5.41) is 14.4. The van der Waals surface area contributed by atoms with Crippen molar-refractivity contribution in [3.05, 3.63) is 59.7 Å². The van der Waals surface area contributed by atoms with E-state index in [1.165, 1.54) is 7.11 Å². The average Bonchev–Trinajstić information content (AvgIpc) is 3.13. The number of carboxylic acids is 1. The number of hydrogen-bond donors (Lipinski definition) is 3. The number of alkyl carbamates (subject to hydrolysis) is 1. The van der Waals surface area contributed by atoms with Crippen molar-refractivity contribution in [2.45, 2.75) is 44.2 Å². The van der Waals surface area contributed by atoms with Crippen molar-refractivity contribution in [1.82, 2.24) is 10.6 Å². The van der Waals surface area contributed by atoms with Gasteiger partial charge in [-0.25, -0.2) is 9.59 Å². The third-order valence-electron chi connectivity index (χ3n) is 5.83. The summed E-state index contributed by atoms with van der Waals surface area (Å²) >= 11 is 0. The molecular weight excluding hydrogens is 424 g/mol. The van der Waals surface area contributed by atoms with Crippen LogP contribution in [0.3, 0.4) is 0 Å². The molecule has 0 saturated carbocycles. The highest BCUT2D eigenvalue weighted by molar-refractivity contribution is 5.84. The van der Waals surface area contributed by atoms with E-state index >= 15 is 0 Å². The van der Waals surface area contributed by atoms with E-state index in [0.717, 1.165) is 22.3 Å².